The summed E-state index contributed by atoms with van der Waals surface area (Å²) in [5.41, 5.74) is 0. The third kappa shape index (κ3) is 6.70. The molecule has 0 unspecified atom stereocenters. The van der Waals surface area contributed by atoms with Gasteiger partial charge in [-0.2, -0.15) is 5.26 Å². The summed E-state index contributed by atoms with van der Waals surface area (Å²) in [6, 6.07) is 1.79. The SMILES string of the molecule is CCO/C=N/C=C\C#N. The molecule has 0 aliphatic carbocycles. The van der Waals surface area contributed by atoms with E-state index in [9.17, 15) is 0 Å². The Morgan fingerprint density at radius 1 is 1.78 bits per heavy atom. The molecule has 0 spiro atoms. The Morgan fingerprint density at radius 3 is 3.11 bits per heavy atom. The second kappa shape index (κ2) is 6.70. The molecule has 0 rings (SSSR count). The summed E-state index contributed by atoms with van der Waals surface area (Å²) in [5.74, 6) is 0. The molecule has 0 fully saturated rings. The highest BCUT2D eigenvalue weighted by Crippen LogP contribution is 1.71. The van der Waals surface area contributed by atoms with Crippen LogP contribution in [0.3, 0.4) is 0 Å². The quantitative estimate of drug-likeness (QED) is 0.321. The summed E-state index contributed by atoms with van der Waals surface area (Å²) in [7, 11) is 0. The minimum Gasteiger partial charge on any atom is -0.483 e. The van der Waals surface area contributed by atoms with Gasteiger partial charge in [0.1, 0.15) is 0 Å². The summed E-state index contributed by atoms with van der Waals surface area (Å²) in [5, 5.41) is 7.97. The van der Waals surface area contributed by atoms with Crippen LogP contribution in [-0.4, -0.2) is 13.0 Å². The van der Waals surface area contributed by atoms with Crippen molar-refractivity contribution in [2.75, 3.05) is 6.61 Å². The fraction of sp³-hybridized carbons (Fsp3) is 0.333. The first-order chi connectivity index (χ1) is 4.41. The van der Waals surface area contributed by atoms with Crippen LogP contribution in [0.15, 0.2) is 17.3 Å². The predicted molar refractivity (Wildman–Crippen MR) is 34.9 cm³/mol. The highest BCUT2D eigenvalue weighted by Gasteiger charge is 1.65. The molecule has 0 bridgehead atoms. The topological polar surface area (TPSA) is 45.4 Å². The molecule has 9 heavy (non-hydrogen) atoms. The zero-order valence-electron chi connectivity index (χ0n) is 5.24. The van der Waals surface area contributed by atoms with E-state index in [0.717, 1.165) is 0 Å². The van der Waals surface area contributed by atoms with Crippen LogP contribution in [0.2, 0.25) is 0 Å². The van der Waals surface area contributed by atoms with E-state index in [-0.39, 0.29) is 0 Å². The van der Waals surface area contributed by atoms with Gasteiger partial charge in [-0.3, -0.25) is 0 Å². The zero-order chi connectivity index (χ0) is 6.95. The Bertz CT molecular complexity index is 144. The third-order valence-corrected chi connectivity index (χ3v) is 0.537. The zero-order valence-corrected chi connectivity index (χ0v) is 5.24. The molecule has 0 aliphatic rings. The van der Waals surface area contributed by atoms with Crippen molar-refractivity contribution in [2.45, 2.75) is 6.92 Å². The largest absolute Gasteiger partial charge is 0.483 e. The van der Waals surface area contributed by atoms with E-state index in [1.54, 1.807) is 6.07 Å². The Hall–Kier alpha value is -1.30. The van der Waals surface area contributed by atoms with Crippen LogP contribution in [0.4, 0.5) is 0 Å². The Balaban J connectivity index is 3.27. The second-order valence-electron chi connectivity index (χ2n) is 1.15. The van der Waals surface area contributed by atoms with Gasteiger partial charge in [-0.05, 0) is 6.92 Å². The smallest absolute Gasteiger partial charge is 0.173 e. The van der Waals surface area contributed by atoms with Gasteiger partial charge in [0, 0.05) is 12.3 Å². The molecule has 0 heterocycles. The molecule has 0 aromatic rings. The fourth-order valence-corrected chi connectivity index (χ4v) is 0.229. The van der Waals surface area contributed by atoms with E-state index < -0.39 is 0 Å². The van der Waals surface area contributed by atoms with Gasteiger partial charge >= 0.3 is 0 Å². The van der Waals surface area contributed by atoms with Crippen LogP contribution in [0.1, 0.15) is 6.92 Å². The number of allylic oxidation sites excluding steroid dienone is 1. The molecule has 0 amide bonds. The van der Waals surface area contributed by atoms with E-state index in [0.29, 0.717) is 6.61 Å². The minimum absolute atomic E-state index is 0.601. The van der Waals surface area contributed by atoms with Gasteiger partial charge in [-0.25, -0.2) is 4.99 Å². The summed E-state index contributed by atoms with van der Waals surface area (Å²) in [4.78, 5) is 3.60. The molecule has 0 aliphatic heterocycles. The molecule has 3 nitrogen and oxygen atoms in total. The number of nitriles is 1. The predicted octanol–water partition coefficient (Wildman–Crippen LogP) is 1.09. The van der Waals surface area contributed by atoms with Crippen molar-refractivity contribution < 1.29 is 4.74 Å². The molecular weight excluding hydrogens is 116 g/mol. The first-order valence-electron chi connectivity index (χ1n) is 2.59. The number of rotatable bonds is 3. The molecule has 48 valence electrons. The number of ether oxygens (including phenoxy) is 1. The molecule has 0 radical (unpaired) electrons. The standard InChI is InChI=1S/C6H8N2O/c1-2-9-6-8-5-3-4-7/h3,5-6H,2H2,1H3/b5-3-,8-6+. The van der Waals surface area contributed by atoms with E-state index >= 15 is 0 Å². The Morgan fingerprint density at radius 2 is 2.56 bits per heavy atom. The lowest BCUT2D eigenvalue weighted by atomic mass is 10.7. The van der Waals surface area contributed by atoms with Crippen molar-refractivity contribution in [2.24, 2.45) is 4.99 Å². The number of hydrogen-bond donors (Lipinski definition) is 0. The van der Waals surface area contributed by atoms with E-state index in [4.69, 9.17) is 10.00 Å². The van der Waals surface area contributed by atoms with Crippen LogP contribution < -0.4 is 0 Å². The fourth-order valence-electron chi connectivity index (χ4n) is 0.229. The van der Waals surface area contributed by atoms with Crippen molar-refractivity contribution in [1.29, 1.82) is 5.26 Å². The van der Waals surface area contributed by atoms with Gasteiger partial charge < -0.3 is 4.74 Å². The van der Waals surface area contributed by atoms with Crippen molar-refractivity contribution in [3.63, 3.8) is 0 Å². The molecule has 0 saturated heterocycles. The van der Waals surface area contributed by atoms with Crippen molar-refractivity contribution in [1.82, 2.24) is 0 Å². The summed E-state index contributed by atoms with van der Waals surface area (Å²) < 4.78 is 4.73. The minimum atomic E-state index is 0.601. The van der Waals surface area contributed by atoms with Crippen LogP contribution >= 0.6 is 0 Å². The van der Waals surface area contributed by atoms with Gasteiger partial charge in [0.2, 0.25) is 0 Å². The average Bonchev–Trinajstić information content (AvgIpc) is 1.89. The normalized spacial score (nSPS) is 10.2. The Labute approximate surface area is 54.3 Å². The monoisotopic (exact) mass is 124 g/mol. The maximum atomic E-state index is 7.97. The average molecular weight is 124 g/mol. The van der Waals surface area contributed by atoms with Crippen LogP contribution in [-0.2, 0) is 4.74 Å². The highest BCUT2D eigenvalue weighted by molar-refractivity contribution is 5.47. The number of hydrogen-bond acceptors (Lipinski definition) is 3. The van der Waals surface area contributed by atoms with Gasteiger partial charge in [0.25, 0.3) is 0 Å². The van der Waals surface area contributed by atoms with E-state index in [2.05, 4.69) is 4.99 Å². The van der Waals surface area contributed by atoms with Gasteiger partial charge in [0.05, 0.1) is 12.7 Å². The summed E-state index contributed by atoms with van der Waals surface area (Å²) >= 11 is 0. The number of nitrogens with zero attached hydrogens (tertiary/aromatic N) is 2. The first-order valence-corrected chi connectivity index (χ1v) is 2.59. The maximum Gasteiger partial charge on any atom is 0.173 e. The summed E-state index contributed by atoms with van der Waals surface area (Å²) in [6.07, 6.45) is 3.94. The third-order valence-electron chi connectivity index (χ3n) is 0.537. The Kier molecular flexibility index (Phi) is 5.73. The van der Waals surface area contributed by atoms with Crippen LogP contribution in [0.5, 0.6) is 0 Å². The van der Waals surface area contributed by atoms with Gasteiger partial charge in [0.15, 0.2) is 6.40 Å². The lowest BCUT2D eigenvalue weighted by Gasteiger charge is -1.86. The number of aliphatic imine (C=N–C) groups is 1. The molecular formula is C6H8N2O. The van der Waals surface area contributed by atoms with Crippen LogP contribution in [0, 0.1) is 11.3 Å². The van der Waals surface area contributed by atoms with Crippen molar-refractivity contribution in [3.05, 3.63) is 12.3 Å². The second-order valence-corrected chi connectivity index (χ2v) is 1.15. The molecule has 0 N–H and O–H groups in total. The highest BCUT2D eigenvalue weighted by atomic mass is 16.5. The molecule has 0 aromatic carbocycles. The molecule has 0 aromatic heterocycles. The van der Waals surface area contributed by atoms with Gasteiger partial charge in [-0.15, -0.1) is 0 Å². The molecule has 3 heteroatoms. The van der Waals surface area contributed by atoms with Crippen LogP contribution in [0.25, 0.3) is 0 Å². The first kappa shape index (κ1) is 7.70. The lowest BCUT2D eigenvalue weighted by molar-refractivity contribution is 0.344. The van der Waals surface area contributed by atoms with Gasteiger partial charge in [-0.1, -0.05) is 0 Å². The maximum absolute atomic E-state index is 7.97. The van der Waals surface area contributed by atoms with E-state index in [1.807, 2.05) is 6.92 Å². The summed E-state index contributed by atoms with van der Waals surface area (Å²) in [6.45, 7) is 2.46. The van der Waals surface area contributed by atoms with Crippen molar-refractivity contribution in [3.8, 4) is 6.07 Å². The van der Waals surface area contributed by atoms with Crippen molar-refractivity contribution >= 4 is 6.40 Å². The van der Waals surface area contributed by atoms with E-state index in [1.165, 1.54) is 18.7 Å². The molecule has 0 saturated carbocycles. The lowest BCUT2D eigenvalue weighted by Crippen LogP contribution is -1.82. The molecule has 0 atom stereocenters.